The molecule has 0 radical (unpaired) electrons. The highest BCUT2D eigenvalue weighted by molar-refractivity contribution is 6.21. The summed E-state index contributed by atoms with van der Waals surface area (Å²) in [5.74, 6) is -0.918. The molecular formula is C27H28ClFN6O2. The Hall–Kier alpha value is -3.69. The summed E-state index contributed by atoms with van der Waals surface area (Å²) >= 11 is 6.80. The van der Waals surface area contributed by atoms with Gasteiger partial charge in [0.05, 0.1) is 22.7 Å². The van der Waals surface area contributed by atoms with E-state index in [2.05, 4.69) is 43.8 Å². The van der Waals surface area contributed by atoms with Gasteiger partial charge in [-0.15, -0.1) is 21.8 Å². The molecule has 10 heteroatoms. The molecule has 2 unspecified atom stereocenters. The zero-order chi connectivity index (χ0) is 26.2. The number of benzene rings is 2. The maximum atomic E-state index is 14.3. The lowest BCUT2D eigenvalue weighted by Gasteiger charge is -2.24. The van der Waals surface area contributed by atoms with Crippen LogP contribution in [-0.4, -0.2) is 51.3 Å². The van der Waals surface area contributed by atoms with E-state index in [1.165, 1.54) is 25.4 Å². The molecular weight excluding hydrogens is 495 g/mol. The minimum atomic E-state index is -0.653. The fraction of sp³-hybridized carbons (Fsp3) is 0.296. The van der Waals surface area contributed by atoms with Crippen LogP contribution >= 0.6 is 11.6 Å². The first kappa shape index (κ1) is 26.4. The van der Waals surface area contributed by atoms with Crippen molar-refractivity contribution in [3.8, 4) is 11.3 Å². The van der Waals surface area contributed by atoms with Gasteiger partial charge < -0.3 is 15.4 Å². The van der Waals surface area contributed by atoms with Gasteiger partial charge in [0.25, 0.3) is 5.91 Å². The monoisotopic (exact) mass is 522 g/mol. The SMILES string of the molecule is CCCCOC(Nc1ncc(-c2ccc(C(=O)NC)c(F)c2)nn1)C(Cl)Cc1ccc2ncccc2c1. The van der Waals surface area contributed by atoms with Crippen LogP contribution in [0.4, 0.5) is 10.3 Å². The summed E-state index contributed by atoms with van der Waals surface area (Å²) in [5, 5.41) is 14.5. The van der Waals surface area contributed by atoms with Crippen LogP contribution in [-0.2, 0) is 11.2 Å². The Morgan fingerprint density at radius 3 is 2.73 bits per heavy atom. The van der Waals surface area contributed by atoms with Crippen molar-refractivity contribution >= 4 is 34.4 Å². The lowest BCUT2D eigenvalue weighted by Crippen LogP contribution is -2.35. The summed E-state index contributed by atoms with van der Waals surface area (Å²) in [4.78, 5) is 20.4. The number of carbonyl (C=O) groups excluding carboxylic acids is 1. The highest BCUT2D eigenvalue weighted by Gasteiger charge is 2.22. The molecule has 192 valence electrons. The van der Waals surface area contributed by atoms with Crippen LogP contribution in [0.25, 0.3) is 22.2 Å². The van der Waals surface area contributed by atoms with Crippen LogP contribution in [0.5, 0.6) is 0 Å². The Kier molecular flexibility index (Phi) is 8.92. The molecule has 0 spiro atoms. The molecule has 2 aromatic heterocycles. The molecule has 0 aliphatic rings. The second-order valence-electron chi connectivity index (χ2n) is 8.48. The zero-order valence-electron chi connectivity index (χ0n) is 20.6. The first-order chi connectivity index (χ1) is 18.0. The molecule has 0 bridgehead atoms. The number of nitrogens with zero attached hydrogens (tertiary/aromatic N) is 4. The molecule has 4 rings (SSSR count). The van der Waals surface area contributed by atoms with Gasteiger partial charge in [0, 0.05) is 30.8 Å². The predicted octanol–water partition coefficient (Wildman–Crippen LogP) is 4.99. The number of aromatic nitrogens is 4. The Morgan fingerprint density at radius 1 is 1.14 bits per heavy atom. The van der Waals surface area contributed by atoms with E-state index in [-0.39, 0.29) is 11.5 Å². The number of nitrogens with one attached hydrogen (secondary N) is 2. The number of rotatable bonds is 11. The summed E-state index contributed by atoms with van der Waals surface area (Å²) in [7, 11) is 1.45. The number of hydrogen-bond donors (Lipinski definition) is 2. The smallest absolute Gasteiger partial charge is 0.253 e. The van der Waals surface area contributed by atoms with E-state index in [4.69, 9.17) is 16.3 Å². The fourth-order valence-corrected chi connectivity index (χ4v) is 4.08. The second-order valence-corrected chi connectivity index (χ2v) is 9.04. The van der Waals surface area contributed by atoms with Crippen LogP contribution in [0, 0.1) is 5.82 Å². The van der Waals surface area contributed by atoms with E-state index < -0.39 is 23.3 Å². The summed E-state index contributed by atoms with van der Waals surface area (Å²) in [6.07, 6.45) is 5.11. The summed E-state index contributed by atoms with van der Waals surface area (Å²) in [5.41, 5.74) is 2.75. The van der Waals surface area contributed by atoms with Crippen LogP contribution in [0.3, 0.4) is 0 Å². The first-order valence-corrected chi connectivity index (χ1v) is 12.5. The molecule has 2 aromatic carbocycles. The predicted molar refractivity (Wildman–Crippen MR) is 142 cm³/mol. The van der Waals surface area contributed by atoms with Crippen LogP contribution < -0.4 is 10.6 Å². The van der Waals surface area contributed by atoms with Gasteiger partial charge in [0.15, 0.2) is 0 Å². The largest absolute Gasteiger partial charge is 0.357 e. The molecule has 0 aliphatic heterocycles. The average Bonchev–Trinajstić information content (AvgIpc) is 2.92. The van der Waals surface area contributed by atoms with E-state index >= 15 is 0 Å². The lowest BCUT2D eigenvalue weighted by atomic mass is 10.1. The molecule has 8 nitrogen and oxygen atoms in total. The summed E-state index contributed by atoms with van der Waals surface area (Å²) in [6, 6.07) is 14.2. The van der Waals surface area contributed by atoms with Gasteiger partial charge in [-0.2, -0.15) is 0 Å². The maximum Gasteiger partial charge on any atom is 0.253 e. The van der Waals surface area contributed by atoms with E-state index in [1.54, 1.807) is 12.3 Å². The van der Waals surface area contributed by atoms with Crippen molar-refractivity contribution in [3.05, 3.63) is 77.9 Å². The number of alkyl halides is 1. The van der Waals surface area contributed by atoms with Crippen LogP contribution in [0.2, 0.25) is 0 Å². The molecule has 0 saturated carbocycles. The second kappa shape index (κ2) is 12.5. The lowest BCUT2D eigenvalue weighted by molar-refractivity contribution is 0.0665. The van der Waals surface area contributed by atoms with Crippen molar-refractivity contribution in [1.29, 1.82) is 0 Å². The molecule has 1 amide bonds. The average molecular weight is 523 g/mol. The third-order valence-corrected chi connectivity index (χ3v) is 6.17. The third-order valence-electron chi connectivity index (χ3n) is 5.79. The standard InChI is InChI=1S/C27H28ClFN6O2/c1-3-4-12-37-26(21(28)14-17-7-10-23-18(13-17)6-5-11-31-23)33-27-32-16-24(34-35-27)19-8-9-20(22(29)15-19)25(36)30-2/h5-11,13,15-16,21,26H,3-4,12,14H2,1-2H3,(H,30,36)(H,32,33,35). The number of fused-ring (bicyclic) bond motifs is 1. The molecule has 4 aromatic rings. The molecule has 2 N–H and O–H groups in total. The van der Waals surface area contributed by atoms with Crippen molar-refractivity contribution in [1.82, 2.24) is 25.5 Å². The highest BCUT2D eigenvalue weighted by Crippen LogP contribution is 2.22. The molecule has 0 fully saturated rings. The summed E-state index contributed by atoms with van der Waals surface area (Å²) in [6.45, 7) is 2.62. The van der Waals surface area contributed by atoms with E-state index in [9.17, 15) is 9.18 Å². The van der Waals surface area contributed by atoms with E-state index in [1.807, 2.05) is 24.3 Å². The van der Waals surface area contributed by atoms with Gasteiger partial charge in [0.2, 0.25) is 5.95 Å². The van der Waals surface area contributed by atoms with Crippen LogP contribution in [0.15, 0.2) is 60.9 Å². The Bertz CT molecular complexity index is 1350. The Balaban J connectivity index is 1.47. The molecule has 2 atom stereocenters. The van der Waals surface area contributed by atoms with Gasteiger partial charge in [-0.25, -0.2) is 9.37 Å². The highest BCUT2D eigenvalue weighted by atomic mass is 35.5. The normalized spacial score (nSPS) is 12.8. The number of anilines is 1. The van der Waals surface area contributed by atoms with E-state index in [0.717, 1.165) is 29.3 Å². The fourth-order valence-electron chi connectivity index (χ4n) is 3.77. The van der Waals surface area contributed by atoms with Gasteiger partial charge >= 0.3 is 0 Å². The zero-order valence-corrected chi connectivity index (χ0v) is 21.4. The summed E-state index contributed by atoms with van der Waals surface area (Å²) < 4.78 is 20.4. The molecule has 0 aliphatic carbocycles. The van der Waals surface area contributed by atoms with E-state index in [0.29, 0.717) is 24.3 Å². The number of amides is 1. The number of ether oxygens (including phenoxy) is 1. The van der Waals surface area contributed by atoms with Gasteiger partial charge in [0.1, 0.15) is 17.7 Å². The van der Waals surface area contributed by atoms with Gasteiger partial charge in [-0.1, -0.05) is 31.5 Å². The topological polar surface area (TPSA) is 102 Å². The minimum Gasteiger partial charge on any atom is -0.357 e. The Labute approximate surface area is 219 Å². The minimum absolute atomic E-state index is 0.0478. The number of halogens is 2. The molecule has 37 heavy (non-hydrogen) atoms. The van der Waals surface area contributed by atoms with Gasteiger partial charge in [-0.05, 0) is 48.7 Å². The van der Waals surface area contributed by atoms with Crippen molar-refractivity contribution in [2.75, 3.05) is 19.0 Å². The molecule has 2 heterocycles. The van der Waals surface area contributed by atoms with Crippen molar-refractivity contribution in [2.45, 2.75) is 37.8 Å². The third kappa shape index (κ3) is 6.75. The van der Waals surface area contributed by atoms with Crippen LogP contribution in [0.1, 0.15) is 35.7 Å². The number of carbonyl (C=O) groups is 1. The number of hydrogen-bond acceptors (Lipinski definition) is 7. The van der Waals surface area contributed by atoms with Crippen molar-refractivity contribution in [3.63, 3.8) is 0 Å². The maximum absolute atomic E-state index is 14.3. The van der Waals surface area contributed by atoms with Crippen molar-refractivity contribution in [2.24, 2.45) is 0 Å². The molecule has 0 saturated heterocycles. The Morgan fingerprint density at radius 2 is 2.00 bits per heavy atom. The number of pyridine rings is 1. The quantitative estimate of drug-likeness (QED) is 0.162. The first-order valence-electron chi connectivity index (χ1n) is 12.1. The van der Waals surface area contributed by atoms with Crippen molar-refractivity contribution < 1.29 is 13.9 Å². The van der Waals surface area contributed by atoms with Gasteiger partial charge in [-0.3, -0.25) is 9.78 Å². The number of unbranched alkanes of at least 4 members (excludes halogenated alkanes) is 1.